The first-order chi connectivity index (χ1) is 8.13. The molecule has 2 rings (SSSR count). The zero-order valence-electron chi connectivity index (χ0n) is 11.1. The van der Waals surface area contributed by atoms with Gasteiger partial charge in [0.15, 0.2) is 0 Å². The highest BCUT2D eigenvalue weighted by Gasteiger charge is 2.18. The standard InChI is InChI=1S/C14H23N3/c1-14(2,15-3)12-4-6-13(7-5-12)17-10-8-16-9-11-17/h4-7,15-16H,8-11H2,1-3H3. The van der Waals surface area contributed by atoms with E-state index in [1.54, 1.807) is 0 Å². The van der Waals surface area contributed by atoms with Gasteiger partial charge in [-0.1, -0.05) is 12.1 Å². The van der Waals surface area contributed by atoms with Gasteiger partial charge in [-0.25, -0.2) is 0 Å². The predicted molar refractivity (Wildman–Crippen MR) is 73.6 cm³/mol. The molecule has 1 fully saturated rings. The number of nitrogens with one attached hydrogen (secondary N) is 2. The van der Waals surface area contributed by atoms with Crippen LogP contribution >= 0.6 is 0 Å². The first-order valence-electron chi connectivity index (χ1n) is 6.38. The summed E-state index contributed by atoms with van der Waals surface area (Å²) in [6.07, 6.45) is 0. The van der Waals surface area contributed by atoms with Gasteiger partial charge in [0, 0.05) is 37.4 Å². The first kappa shape index (κ1) is 12.4. The van der Waals surface area contributed by atoms with Crippen LogP contribution in [0.15, 0.2) is 24.3 Å². The van der Waals surface area contributed by atoms with Gasteiger partial charge in [0.2, 0.25) is 0 Å². The lowest BCUT2D eigenvalue weighted by atomic mass is 9.94. The minimum atomic E-state index is 0.0436. The summed E-state index contributed by atoms with van der Waals surface area (Å²) in [4.78, 5) is 2.44. The van der Waals surface area contributed by atoms with E-state index in [1.165, 1.54) is 11.3 Å². The molecule has 2 N–H and O–H groups in total. The van der Waals surface area contributed by atoms with E-state index in [9.17, 15) is 0 Å². The summed E-state index contributed by atoms with van der Waals surface area (Å²) < 4.78 is 0. The third-order valence-electron chi connectivity index (χ3n) is 3.70. The normalized spacial score (nSPS) is 17.2. The lowest BCUT2D eigenvalue weighted by Gasteiger charge is -2.30. The second-order valence-electron chi connectivity index (χ2n) is 5.16. The molecule has 3 heteroatoms. The molecule has 1 aromatic carbocycles. The van der Waals surface area contributed by atoms with Gasteiger partial charge in [-0.3, -0.25) is 0 Å². The molecule has 3 nitrogen and oxygen atoms in total. The van der Waals surface area contributed by atoms with Gasteiger partial charge in [0.05, 0.1) is 0 Å². The predicted octanol–water partition coefficient (Wildman–Crippen LogP) is 1.55. The van der Waals surface area contributed by atoms with Crippen molar-refractivity contribution in [3.63, 3.8) is 0 Å². The molecule has 0 spiro atoms. The Morgan fingerprint density at radius 1 is 1.12 bits per heavy atom. The number of rotatable bonds is 3. The van der Waals surface area contributed by atoms with Crippen LogP contribution < -0.4 is 15.5 Å². The molecule has 0 amide bonds. The van der Waals surface area contributed by atoms with Crippen molar-refractivity contribution in [1.29, 1.82) is 0 Å². The van der Waals surface area contributed by atoms with Crippen molar-refractivity contribution < 1.29 is 0 Å². The van der Waals surface area contributed by atoms with Crippen LogP contribution in [0.5, 0.6) is 0 Å². The molecule has 0 radical (unpaired) electrons. The van der Waals surface area contributed by atoms with E-state index in [4.69, 9.17) is 0 Å². The van der Waals surface area contributed by atoms with Crippen molar-refractivity contribution in [3.8, 4) is 0 Å². The van der Waals surface area contributed by atoms with Crippen LogP contribution in [0.25, 0.3) is 0 Å². The fourth-order valence-electron chi connectivity index (χ4n) is 2.16. The Bertz CT molecular complexity index is 350. The fourth-order valence-corrected chi connectivity index (χ4v) is 2.16. The Kier molecular flexibility index (Phi) is 3.69. The average molecular weight is 233 g/mol. The van der Waals surface area contributed by atoms with E-state index < -0.39 is 0 Å². The van der Waals surface area contributed by atoms with Crippen LogP contribution in [0, 0.1) is 0 Å². The van der Waals surface area contributed by atoms with Gasteiger partial charge in [0.1, 0.15) is 0 Å². The van der Waals surface area contributed by atoms with Crippen LogP contribution in [0.4, 0.5) is 5.69 Å². The van der Waals surface area contributed by atoms with Crippen molar-refractivity contribution in [3.05, 3.63) is 29.8 Å². The van der Waals surface area contributed by atoms with Crippen molar-refractivity contribution in [2.24, 2.45) is 0 Å². The minimum Gasteiger partial charge on any atom is -0.369 e. The second-order valence-corrected chi connectivity index (χ2v) is 5.16. The van der Waals surface area contributed by atoms with Crippen molar-refractivity contribution in [2.75, 3.05) is 38.1 Å². The van der Waals surface area contributed by atoms with E-state index in [0.717, 1.165) is 26.2 Å². The third kappa shape index (κ3) is 2.79. The largest absolute Gasteiger partial charge is 0.369 e. The van der Waals surface area contributed by atoms with E-state index in [0.29, 0.717) is 0 Å². The lowest BCUT2D eigenvalue weighted by molar-refractivity contribution is 0.444. The molecule has 0 aliphatic carbocycles. The summed E-state index contributed by atoms with van der Waals surface area (Å²) in [7, 11) is 2.00. The van der Waals surface area contributed by atoms with Crippen LogP contribution in [0.3, 0.4) is 0 Å². The molecule has 17 heavy (non-hydrogen) atoms. The number of piperazine rings is 1. The summed E-state index contributed by atoms with van der Waals surface area (Å²) in [6.45, 7) is 8.79. The minimum absolute atomic E-state index is 0.0436. The molecule has 1 aromatic rings. The topological polar surface area (TPSA) is 27.3 Å². The van der Waals surface area contributed by atoms with E-state index >= 15 is 0 Å². The van der Waals surface area contributed by atoms with Gasteiger partial charge >= 0.3 is 0 Å². The highest BCUT2D eigenvalue weighted by Crippen LogP contribution is 2.23. The van der Waals surface area contributed by atoms with Crippen molar-refractivity contribution >= 4 is 5.69 Å². The molecule has 1 saturated heterocycles. The number of hydrogen-bond donors (Lipinski definition) is 2. The van der Waals surface area contributed by atoms with Gasteiger partial charge in [-0.15, -0.1) is 0 Å². The van der Waals surface area contributed by atoms with Crippen LogP contribution in [0.2, 0.25) is 0 Å². The SMILES string of the molecule is CNC(C)(C)c1ccc(N2CCNCC2)cc1. The quantitative estimate of drug-likeness (QED) is 0.829. The maximum Gasteiger partial charge on any atom is 0.0375 e. The Morgan fingerprint density at radius 2 is 1.71 bits per heavy atom. The van der Waals surface area contributed by atoms with Crippen LogP contribution in [0.1, 0.15) is 19.4 Å². The number of hydrogen-bond acceptors (Lipinski definition) is 3. The summed E-state index contributed by atoms with van der Waals surface area (Å²) in [5.74, 6) is 0. The Balaban J connectivity index is 2.12. The van der Waals surface area contributed by atoms with E-state index in [2.05, 4.69) is 53.6 Å². The summed E-state index contributed by atoms with van der Waals surface area (Å²) in [6, 6.07) is 8.93. The average Bonchev–Trinajstić information content (AvgIpc) is 2.40. The monoisotopic (exact) mass is 233 g/mol. The number of anilines is 1. The lowest BCUT2D eigenvalue weighted by Crippen LogP contribution is -2.43. The Labute approximate surface area is 104 Å². The Hall–Kier alpha value is -1.06. The highest BCUT2D eigenvalue weighted by molar-refractivity contribution is 5.49. The third-order valence-corrected chi connectivity index (χ3v) is 3.70. The maximum absolute atomic E-state index is 3.38. The Morgan fingerprint density at radius 3 is 2.24 bits per heavy atom. The van der Waals surface area contributed by atoms with Gasteiger partial charge in [-0.05, 0) is 38.6 Å². The maximum atomic E-state index is 3.38. The summed E-state index contributed by atoms with van der Waals surface area (Å²) >= 11 is 0. The van der Waals surface area contributed by atoms with Gasteiger partial charge in [-0.2, -0.15) is 0 Å². The molecule has 0 bridgehead atoms. The molecule has 0 saturated carbocycles. The fraction of sp³-hybridized carbons (Fsp3) is 0.571. The van der Waals surface area contributed by atoms with Crippen LogP contribution in [-0.4, -0.2) is 33.2 Å². The highest BCUT2D eigenvalue weighted by atomic mass is 15.2. The van der Waals surface area contributed by atoms with E-state index in [1.807, 2.05) is 7.05 Å². The molecule has 0 atom stereocenters. The molecule has 1 heterocycles. The second kappa shape index (κ2) is 5.07. The molecular formula is C14H23N3. The van der Waals surface area contributed by atoms with Crippen molar-refractivity contribution in [2.45, 2.75) is 19.4 Å². The first-order valence-corrected chi connectivity index (χ1v) is 6.38. The zero-order chi connectivity index (χ0) is 12.3. The van der Waals surface area contributed by atoms with Gasteiger partial charge < -0.3 is 15.5 Å². The molecule has 94 valence electrons. The molecule has 1 aliphatic rings. The summed E-state index contributed by atoms with van der Waals surface area (Å²) in [5.41, 5.74) is 2.71. The van der Waals surface area contributed by atoms with Crippen LogP contribution in [-0.2, 0) is 5.54 Å². The number of nitrogens with zero attached hydrogens (tertiary/aromatic N) is 1. The molecule has 0 unspecified atom stereocenters. The summed E-state index contributed by atoms with van der Waals surface area (Å²) in [5, 5.41) is 6.71. The zero-order valence-corrected chi connectivity index (χ0v) is 11.1. The smallest absolute Gasteiger partial charge is 0.0375 e. The van der Waals surface area contributed by atoms with E-state index in [-0.39, 0.29) is 5.54 Å². The van der Waals surface area contributed by atoms with Gasteiger partial charge in [0.25, 0.3) is 0 Å². The van der Waals surface area contributed by atoms with Crippen molar-refractivity contribution in [1.82, 2.24) is 10.6 Å². The molecule has 1 aliphatic heterocycles. The molecule has 0 aromatic heterocycles. The number of benzene rings is 1. The molecular weight excluding hydrogens is 210 g/mol.